The molecule has 1 aromatic carbocycles. The number of hydrogen-bond acceptors (Lipinski definition) is 4. The van der Waals surface area contributed by atoms with E-state index in [9.17, 15) is 9.18 Å². The van der Waals surface area contributed by atoms with E-state index >= 15 is 0 Å². The third-order valence-corrected chi connectivity index (χ3v) is 3.95. The third-order valence-electron chi connectivity index (χ3n) is 3.95. The van der Waals surface area contributed by atoms with Gasteiger partial charge in [-0.25, -0.2) is 9.37 Å². The minimum absolute atomic E-state index is 0.00794. The highest BCUT2D eigenvalue weighted by Crippen LogP contribution is 2.25. The van der Waals surface area contributed by atoms with Crippen LogP contribution in [0.4, 0.5) is 10.2 Å². The van der Waals surface area contributed by atoms with Crippen LogP contribution in [0.15, 0.2) is 39.7 Å². The van der Waals surface area contributed by atoms with Crippen LogP contribution >= 0.6 is 0 Å². The molecule has 0 unspecified atom stereocenters. The number of halogens is 1. The van der Waals surface area contributed by atoms with Gasteiger partial charge < -0.3 is 9.32 Å². The molecule has 106 valence electrons. The van der Waals surface area contributed by atoms with Gasteiger partial charge in [-0.1, -0.05) is 6.07 Å². The summed E-state index contributed by atoms with van der Waals surface area (Å²) in [6.45, 7) is 1.90. The molecule has 2 aromatic heterocycles. The van der Waals surface area contributed by atoms with Crippen molar-refractivity contribution >= 4 is 27.8 Å². The number of aromatic nitrogens is 1. The van der Waals surface area contributed by atoms with Gasteiger partial charge in [0.25, 0.3) is 0 Å². The Morgan fingerprint density at radius 1 is 1.19 bits per heavy atom. The zero-order chi connectivity index (χ0) is 14.4. The third kappa shape index (κ3) is 1.88. The molecule has 4 nitrogen and oxygen atoms in total. The zero-order valence-corrected chi connectivity index (χ0v) is 11.3. The molecule has 1 aliphatic rings. The topological polar surface area (TPSA) is 46.3 Å². The lowest BCUT2D eigenvalue weighted by molar-refractivity contribution is 0.579. The van der Waals surface area contributed by atoms with Crippen LogP contribution in [0, 0.1) is 5.82 Å². The molecule has 1 saturated heterocycles. The van der Waals surface area contributed by atoms with Crippen LogP contribution in [0.1, 0.15) is 12.8 Å². The van der Waals surface area contributed by atoms with Gasteiger partial charge >= 0.3 is 0 Å². The molecule has 0 aliphatic carbocycles. The number of nitrogens with zero attached hydrogens (tertiary/aromatic N) is 2. The van der Waals surface area contributed by atoms with Crippen LogP contribution in [0.5, 0.6) is 0 Å². The van der Waals surface area contributed by atoms with E-state index in [1.165, 1.54) is 18.3 Å². The van der Waals surface area contributed by atoms with E-state index in [2.05, 4.69) is 9.88 Å². The van der Waals surface area contributed by atoms with E-state index in [1.807, 2.05) is 0 Å². The summed E-state index contributed by atoms with van der Waals surface area (Å²) in [6, 6.07) is 6.10. The van der Waals surface area contributed by atoms with Crippen molar-refractivity contribution in [1.29, 1.82) is 0 Å². The molecule has 0 radical (unpaired) electrons. The van der Waals surface area contributed by atoms with Crippen LogP contribution < -0.4 is 10.3 Å². The average Bonchev–Trinajstić information content (AvgIpc) is 3.02. The first kappa shape index (κ1) is 12.3. The molecular formula is C16H13FN2O2. The van der Waals surface area contributed by atoms with Gasteiger partial charge in [-0.2, -0.15) is 0 Å². The Morgan fingerprint density at radius 2 is 2.00 bits per heavy atom. The molecule has 4 rings (SSSR count). The fourth-order valence-electron chi connectivity index (χ4n) is 2.85. The van der Waals surface area contributed by atoms with Gasteiger partial charge in [-0.15, -0.1) is 0 Å². The van der Waals surface area contributed by atoms with E-state index < -0.39 is 5.82 Å². The van der Waals surface area contributed by atoms with Crippen LogP contribution in [0.25, 0.3) is 21.9 Å². The van der Waals surface area contributed by atoms with Crippen molar-refractivity contribution in [2.75, 3.05) is 18.0 Å². The molecule has 0 spiro atoms. The van der Waals surface area contributed by atoms with Crippen molar-refractivity contribution < 1.29 is 8.81 Å². The molecule has 1 aliphatic heterocycles. The number of benzene rings is 1. The van der Waals surface area contributed by atoms with Crippen LogP contribution in [-0.4, -0.2) is 18.1 Å². The highest BCUT2D eigenvalue weighted by atomic mass is 19.1. The lowest BCUT2D eigenvalue weighted by atomic mass is 10.1. The number of anilines is 1. The number of pyridine rings is 1. The highest BCUT2D eigenvalue weighted by Gasteiger charge is 2.16. The summed E-state index contributed by atoms with van der Waals surface area (Å²) < 4.78 is 19.5. The second kappa shape index (κ2) is 4.55. The molecule has 0 amide bonds. The van der Waals surface area contributed by atoms with Gasteiger partial charge in [0.2, 0.25) is 5.43 Å². The van der Waals surface area contributed by atoms with Crippen molar-refractivity contribution in [3.63, 3.8) is 0 Å². The van der Waals surface area contributed by atoms with Crippen LogP contribution in [-0.2, 0) is 0 Å². The maximum absolute atomic E-state index is 13.8. The second-order valence-corrected chi connectivity index (χ2v) is 5.28. The zero-order valence-electron chi connectivity index (χ0n) is 11.3. The number of para-hydroxylation sites is 1. The fraction of sp³-hybridized carbons (Fsp3) is 0.250. The van der Waals surface area contributed by atoms with E-state index in [0.717, 1.165) is 31.7 Å². The molecular weight excluding hydrogens is 271 g/mol. The second-order valence-electron chi connectivity index (χ2n) is 5.28. The molecule has 3 aromatic rings. The number of fused-ring (bicyclic) bond motifs is 2. The van der Waals surface area contributed by atoms with Gasteiger partial charge in [0.15, 0.2) is 11.4 Å². The molecule has 3 heterocycles. The minimum atomic E-state index is -0.522. The number of rotatable bonds is 1. The maximum Gasteiger partial charge on any atom is 0.202 e. The Labute approximate surface area is 119 Å². The van der Waals surface area contributed by atoms with Gasteiger partial charge in [0.1, 0.15) is 11.4 Å². The quantitative estimate of drug-likeness (QED) is 0.644. The van der Waals surface area contributed by atoms with E-state index in [1.54, 1.807) is 12.1 Å². The molecule has 0 N–H and O–H groups in total. The smallest absolute Gasteiger partial charge is 0.202 e. The molecule has 0 atom stereocenters. The first-order valence-electron chi connectivity index (χ1n) is 7.00. The number of hydrogen-bond donors (Lipinski definition) is 0. The predicted molar refractivity (Wildman–Crippen MR) is 79.2 cm³/mol. The van der Waals surface area contributed by atoms with E-state index in [-0.39, 0.29) is 16.4 Å². The van der Waals surface area contributed by atoms with E-state index in [0.29, 0.717) is 11.0 Å². The molecule has 0 saturated carbocycles. The Kier molecular flexibility index (Phi) is 2.67. The monoisotopic (exact) mass is 284 g/mol. The SMILES string of the molecule is O=c1c2cnc(N3CCCC3)cc2oc2c(F)cccc12. The Hall–Kier alpha value is -2.43. The normalized spacial score (nSPS) is 15.2. The van der Waals surface area contributed by atoms with Gasteiger partial charge in [-0.3, -0.25) is 4.79 Å². The maximum atomic E-state index is 13.8. The summed E-state index contributed by atoms with van der Waals surface area (Å²) in [5.41, 5.74) is 0.147. The summed E-state index contributed by atoms with van der Waals surface area (Å²) in [5, 5.41) is 0.634. The lowest BCUT2D eigenvalue weighted by Crippen LogP contribution is -2.19. The summed E-state index contributed by atoms with van der Waals surface area (Å²) in [5.74, 6) is 0.255. The summed E-state index contributed by atoms with van der Waals surface area (Å²) in [4.78, 5) is 18.9. The molecule has 5 heteroatoms. The minimum Gasteiger partial charge on any atom is -0.453 e. The van der Waals surface area contributed by atoms with Crippen molar-refractivity contribution in [2.24, 2.45) is 0 Å². The first-order chi connectivity index (χ1) is 10.2. The molecule has 1 fully saturated rings. The van der Waals surface area contributed by atoms with E-state index in [4.69, 9.17) is 4.42 Å². The Balaban J connectivity index is 2.00. The van der Waals surface area contributed by atoms with Crippen molar-refractivity contribution in [2.45, 2.75) is 12.8 Å². The van der Waals surface area contributed by atoms with Crippen molar-refractivity contribution in [3.05, 3.63) is 46.5 Å². The van der Waals surface area contributed by atoms with Crippen LogP contribution in [0.2, 0.25) is 0 Å². The Morgan fingerprint density at radius 3 is 2.81 bits per heavy atom. The van der Waals surface area contributed by atoms with Gasteiger partial charge in [0.05, 0.1) is 10.8 Å². The van der Waals surface area contributed by atoms with Crippen molar-refractivity contribution in [3.8, 4) is 0 Å². The average molecular weight is 284 g/mol. The highest BCUT2D eigenvalue weighted by molar-refractivity contribution is 5.90. The summed E-state index contributed by atoms with van der Waals surface area (Å²) in [7, 11) is 0. The van der Waals surface area contributed by atoms with Gasteiger partial charge in [-0.05, 0) is 25.0 Å². The fourth-order valence-corrected chi connectivity index (χ4v) is 2.85. The largest absolute Gasteiger partial charge is 0.453 e. The summed E-state index contributed by atoms with van der Waals surface area (Å²) >= 11 is 0. The molecule has 0 bridgehead atoms. The first-order valence-corrected chi connectivity index (χ1v) is 7.00. The van der Waals surface area contributed by atoms with Crippen LogP contribution in [0.3, 0.4) is 0 Å². The van der Waals surface area contributed by atoms with Crippen molar-refractivity contribution in [1.82, 2.24) is 4.98 Å². The summed E-state index contributed by atoms with van der Waals surface area (Å²) in [6.07, 6.45) is 3.80. The van der Waals surface area contributed by atoms with Gasteiger partial charge in [0, 0.05) is 25.4 Å². The standard InChI is InChI=1S/C16H13FN2O2/c17-12-5-3-4-10-15(20)11-9-18-14(19-6-1-2-7-19)8-13(11)21-16(10)12/h3-5,8-9H,1-2,6-7H2. The Bertz CT molecular complexity index is 898. The lowest BCUT2D eigenvalue weighted by Gasteiger charge is -2.16. The predicted octanol–water partition coefficient (Wildman–Crippen LogP) is 3.08. The molecule has 21 heavy (non-hydrogen) atoms.